The molecule has 0 bridgehead atoms. The molecule has 0 aliphatic heterocycles. The van der Waals surface area contributed by atoms with Crippen LogP contribution in [-0.2, 0) is 13.0 Å². The van der Waals surface area contributed by atoms with Gasteiger partial charge in [-0.25, -0.2) is 9.18 Å². The fourth-order valence-electron chi connectivity index (χ4n) is 5.02. The number of nitrogens with one attached hydrogen (secondary N) is 2. The van der Waals surface area contributed by atoms with Gasteiger partial charge in [-0.2, -0.15) is 9.78 Å². The van der Waals surface area contributed by atoms with E-state index >= 15 is 0 Å². The molecule has 7 nitrogen and oxygen atoms in total. The van der Waals surface area contributed by atoms with Gasteiger partial charge >= 0.3 is 6.03 Å². The van der Waals surface area contributed by atoms with Crippen molar-refractivity contribution in [3.05, 3.63) is 101 Å². The average Bonchev–Trinajstić information content (AvgIpc) is 3.63. The Morgan fingerprint density at radius 1 is 1.00 bits per heavy atom. The SMILES string of the molecule is CCc1ccc(C(=O)Nc2ccc(O)c(-c3cc(C4CCCC4)n(C(=O)NCc4cccc(F)c4)n3)c2)cc1. The second kappa shape index (κ2) is 11.5. The molecule has 39 heavy (non-hydrogen) atoms. The Balaban J connectivity index is 1.40. The van der Waals surface area contributed by atoms with Crippen molar-refractivity contribution >= 4 is 17.6 Å². The second-order valence-electron chi connectivity index (χ2n) is 9.87. The number of anilines is 1. The van der Waals surface area contributed by atoms with Crippen molar-refractivity contribution in [2.45, 2.75) is 51.5 Å². The van der Waals surface area contributed by atoms with Gasteiger partial charge in [0.05, 0.1) is 11.4 Å². The highest BCUT2D eigenvalue weighted by Crippen LogP contribution is 2.38. The van der Waals surface area contributed by atoms with Gasteiger partial charge < -0.3 is 15.7 Å². The maximum absolute atomic E-state index is 13.6. The molecule has 3 N–H and O–H groups in total. The second-order valence-corrected chi connectivity index (χ2v) is 9.87. The van der Waals surface area contributed by atoms with Crippen LogP contribution in [-0.4, -0.2) is 26.8 Å². The molecule has 0 saturated heterocycles. The van der Waals surface area contributed by atoms with Crippen molar-refractivity contribution in [1.29, 1.82) is 0 Å². The fourth-order valence-corrected chi connectivity index (χ4v) is 5.02. The standard InChI is InChI=1S/C31H31FN4O3/c1-2-20-10-12-23(13-11-20)30(38)34-25-14-15-29(37)26(17-25)27-18-28(22-7-3-4-8-22)36(35-27)31(39)33-19-21-6-5-9-24(32)16-21/h5-6,9-18,22,37H,2-4,7-8,19H2,1H3,(H,33,39)(H,34,38). The van der Waals surface area contributed by atoms with Crippen molar-refractivity contribution in [2.75, 3.05) is 5.32 Å². The minimum Gasteiger partial charge on any atom is -0.507 e. The number of hydrogen-bond donors (Lipinski definition) is 3. The zero-order chi connectivity index (χ0) is 27.4. The van der Waals surface area contributed by atoms with Gasteiger partial charge in [-0.3, -0.25) is 4.79 Å². The van der Waals surface area contributed by atoms with Crippen molar-refractivity contribution in [3.63, 3.8) is 0 Å². The van der Waals surface area contributed by atoms with Crippen molar-refractivity contribution in [2.24, 2.45) is 0 Å². The minimum absolute atomic E-state index is 0.0110. The molecule has 1 heterocycles. The zero-order valence-corrected chi connectivity index (χ0v) is 21.8. The Labute approximate surface area is 226 Å². The van der Waals surface area contributed by atoms with Crippen LogP contribution in [0, 0.1) is 5.82 Å². The maximum atomic E-state index is 13.6. The molecule has 0 unspecified atom stereocenters. The van der Waals surface area contributed by atoms with Crippen molar-refractivity contribution < 1.29 is 19.1 Å². The third-order valence-electron chi connectivity index (χ3n) is 7.19. The normalized spacial score (nSPS) is 13.4. The monoisotopic (exact) mass is 526 g/mol. The predicted molar refractivity (Wildman–Crippen MR) is 148 cm³/mol. The molecule has 3 aromatic carbocycles. The molecular weight excluding hydrogens is 495 g/mol. The van der Waals surface area contributed by atoms with Crippen LogP contribution < -0.4 is 10.6 Å². The van der Waals surface area contributed by atoms with Gasteiger partial charge in [-0.05, 0) is 78.9 Å². The summed E-state index contributed by atoms with van der Waals surface area (Å²) in [7, 11) is 0. The Bertz CT molecular complexity index is 1490. The summed E-state index contributed by atoms with van der Waals surface area (Å²) in [4.78, 5) is 26.0. The highest BCUT2D eigenvalue weighted by Gasteiger charge is 2.26. The maximum Gasteiger partial charge on any atom is 0.342 e. The fraction of sp³-hybridized carbons (Fsp3) is 0.258. The molecule has 8 heteroatoms. The van der Waals surface area contributed by atoms with E-state index in [0.717, 1.165) is 43.4 Å². The summed E-state index contributed by atoms with van der Waals surface area (Å²) in [6, 6.07) is 19.7. The van der Waals surface area contributed by atoms with E-state index in [2.05, 4.69) is 22.7 Å². The number of carbonyl (C=O) groups excluding carboxylic acids is 2. The molecule has 200 valence electrons. The smallest absolute Gasteiger partial charge is 0.342 e. The molecule has 1 fully saturated rings. The number of hydrogen-bond acceptors (Lipinski definition) is 4. The lowest BCUT2D eigenvalue weighted by Crippen LogP contribution is -2.30. The summed E-state index contributed by atoms with van der Waals surface area (Å²) >= 11 is 0. The third kappa shape index (κ3) is 6.00. The molecule has 5 rings (SSSR count). The van der Waals surface area contributed by atoms with E-state index in [9.17, 15) is 19.1 Å². The van der Waals surface area contributed by atoms with Crippen LogP contribution in [0.3, 0.4) is 0 Å². The lowest BCUT2D eigenvalue weighted by Gasteiger charge is -2.12. The van der Waals surface area contributed by atoms with Gasteiger partial charge in [0, 0.05) is 29.3 Å². The summed E-state index contributed by atoms with van der Waals surface area (Å²) < 4.78 is 14.9. The van der Waals surface area contributed by atoms with Crippen LogP contribution in [0.5, 0.6) is 5.75 Å². The van der Waals surface area contributed by atoms with Gasteiger partial charge in [-0.15, -0.1) is 0 Å². The van der Waals surface area contributed by atoms with Crippen LogP contribution in [0.1, 0.15) is 65.7 Å². The van der Waals surface area contributed by atoms with Gasteiger partial charge in [0.1, 0.15) is 11.6 Å². The summed E-state index contributed by atoms with van der Waals surface area (Å²) in [5.74, 6) is -0.469. The van der Waals surface area contributed by atoms with E-state index in [1.54, 1.807) is 36.4 Å². The van der Waals surface area contributed by atoms with Crippen molar-refractivity contribution in [1.82, 2.24) is 15.1 Å². The number of aromatic hydroxyl groups is 1. The first kappa shape index (κ1) is 26.2. The quantitative estimate of drug-likeness (QED) is 0.236. The van der Waals surface area contributed by atoms with Crippen molar-refractivity contribution in [3.8, 4) is 17.0 Å². The third-order valence-corrected chi connectivity index (χ3v) is 7.19. The van der Waals surface area contributed by atoms with Crippen LogP contribution in [0.15, 0.2) is 72.8 Å². The van der Waals surface area contributed by atoms with E-state index in [1.807, 2.05) is 18.2 Å². The summed E-state index contributed by atoms with van der Waals surface area (Å²) in [5.41, 5.74) is 4.42. The van der Waals surface area contributed by atoms with E-state index in [-0.39, 0.29) is 29.9 Å². The van der Waals surface area contributed by atoms with Crippen LogP contribution >= 0.6 is 0 Å². The number of amides is 2. The summed E-state index contributed by atoms with van der Waals surface area (Å²) in [5, 5.41) is 21.0. The lowest BCUT2D eigenvalue weighted by molar-refractivity contribution is 0.102. The topological polar surface area (TPSA) is 96.2 Å². The van der Waals surface area contributed by atoms with Crippen LogP contribution in [0.25, 0.3) is 11.3 Å². The van der Waals surface area contributed by atoms with Gasteiger partial charge in [-0.1, -0.05) is 44.0 Å². The Morgan fingerprint density at radius 3 is 2.49 bits per heavy atom. The highest BCUT2D eigenvalue weighted by atomic mass is 19.1. The molecule has 1 aromatic heterocycles. The molecule has 2 amide bonds. The predicted octanol–water partition coefficient (Wildman–Crippen LogP) is 6.63. The van der Waals surface area contributed by atoms with E-state index in [4.69, 9.17) is 0 Å². The first-order valence-corrected chi connectivity index (χ1v) is 13.3. The Hall–Kier alpha value is -4.46. The van der Waals surface area contributed by atoms with E-state index < -0.39 is 6.03 Å². The van der Waals surface area contributed by atoms with Crippen LogP contribution in [0.4, 0.5) is 14.9 Å². The number of phenols is 1. The number of nitrogens with zero attached hydrogens (tertiary/aromatic N) is 2. The molecule has 0 atom stereocenters. The van der Waals surface area contributed by atoms with Gasteiger partial charge in [0.15, 0.2) is 0 Å². The van der Waals surface area contributed by atoms with Gasteiger partial charge in [0.25, 0.3) is 5.91 Å². The number of phenolic OH excluding ortho intramolecular Hbond substituents is 1. The van der Waals surface area contributed by atoms with E-state index in [0.29, 0.717) is 28.1 Å². The number of rotatable bonds is 7. The number of aryl methyl sites for hydroxylation is 1. The molecule has 0 spiro atoms. The lowest BCUT2D eigenvalue weighted by atomic mass is 10.0. The molecular formula is C31H31FN4O3. The number of carbonyl (C=O) groups is 2. The van der Waals surface area contributed by atoms with Gasteiger partial charge in [0.2, 0.25) is 0 Å². The Kier molecular flexibility index (Phi) is 7.72. The number of benzene rings is 3. The first-order valence-electron chi connectivity index (χ1n) is 13.3. The largest absolute Gasteiger partial charge is 0.507 e. The average molecular weight is 527 g/mol. The number of aromatic nitrogens is 2. The minimum atomic E-state index is -0.424. The molecule has 1 saturated carbocycles. The molecule has 0 radical (unpaired) electrons. The van der Waals surface area contributed by atoms with E-state index in [1.165, 1.54) is 22.9 Å². The molecule has 4 aromatic rings. The van der Waals surface area contributed by atoms with Crippen LogP contribution in [0.2, 0.25) is 0 Å². The zero-order valence-electron chi connectivity index (χ0n) is 21.8. The number of halogens is 1. The molecule has 1 aliphatic rings. The molecule has 1 aliphatic carbocycles. The first-order chi connectivity index (χ1) is 18.9. The Morgan fingerprint density at radius 2 is 1.77 bits per heavy atom. The highest BCUT2D eigenvalue weighted by molar-refractivity contribution is 6.04. The summed E-state index contributed by atoms with van der Waals surface area (Å²) in [6.07, 6.45) is 4.92. The summed E-state index contributed by atoms with van der Waals surface area (Å²) in [6.45, 7) is 2.21.